The summed E-state index contributed by atoms with van der Waals surface area (Å²) in [6.45, 7) is 1.43. The number of methoxy groups -OCH3 is 1. The Morgan fingerprint density at radius 1 is 1.14 bits per heavy atom. The maximum Gasteiger partial charge on any atom is 0.335 e. The molecule has 3 rings (SSSR count). The Kier molecular flexibility index (Phi) is 5.30. The molecule has 1 fully saturated rings. The maximum absolute atomic E-state index is 12.8. The van der Waals surface area contributed by atoms with E-state index in [-0.39, 0.29) is 5.78 Å². The molecule has 1 aliphatic rings. The third kappa shape index (κ3) is 3.80. The molecule has 1 unspecified atom stereocenters. The molecule has 2 aromatic rings. The Bertz CT molecular complexity index is 982. The lowest BCUT2D eigenvalue weighted by Gasteiger charge is -2.28. The number of carbonyl (C=O) groups excluding carboxylic acids is 4. The van der Waals surface area contributed by atoms with E-state index in [1.54, 1.807) is 36.4 Å². The summed E-state index contributed by atoms with van der Waals surface area (Å²) in [4.78, 5) is 53.6. The van der Waals surface area contributed by atoms with Crippen molar-refractivity contribution in [2.75, 3.05) is 12.0 Å². The van der Waals surface area contributed by atoms with Crippen LogP contribution in [-0.4, -0.2) is 37.0 Å². The van der Waals surface area contributed by atoms with Crippen LogP contribution in [0.5, 0.6) is 5.75 Å². The monoisotopic (exact) mass is 379 g/mol. The van der Waals surface area contributed by atoms with Crippen molar-refractivity contribution in [1.29, 1.82) is 0 Å². The lowest BCUT2D eigenvalue weighted by Crippen LogP contribution is -2.58. The molecule has 1 atom stereocenters. The Labute approximate surface area is 160 Å². The van der Waals surface area contributed by atoms with E-state index in [2.05, 4.69) is 10.3 Å². The van der Waals surface area contributed by atoms with Crippen molar-refractivity contribution in [3.63, 3.8) is 0 Å². The summed E-state index contributed by atoms with van der Waals surface area (Å²) in [5.41, 5.74) is 1.18. The second-order valence-electron chi connectivity index (χ2n) is 6.03. The molecular weight excluding hydrogens is 362 g/mol. The number of carbonyl (C=O) groups is 4. The third-order valence-corrected chi connectivity index (χ3v) is 4.16. The SMILES string of the molecule is COc1ccc(N2C(=O)NC(=O)C(C=Nc3cccc(C(C)=O)c3)C2=O)cc1. The number of rotatable bonds is 5. The molecule has 0 radical (unpaired) electrons. The molecule has 142 valence electrons. The number of hydrogen-bond donors (Lipinski definition) is 1. The predicted molar refractivity (Wildman–Crippen MR) is 102 cm³/mol. The minimum atomic E-state index is -1.28. The van der Waals surface area contributed by atoms with Crippen molar-refractivity contribution in [1.82, 2.24) is 5.32 Å². The van der Waals surface area contributed by atoms with Crippen molar-refractivity contribution in [3.8, 4) is 5.75 Å². The molecule has 0 aromatic heterocycles. The van der Waals surface area contributed by atoms with Gasteiger partial charge in [0.25, 0.3) is 5.91 Å². The summed E-state index contributed by atoms with van der Waals surface area (Å²) in [6.07, 6.45) is 1.17. The fraction of sp³-hybridized carbons (Fsp3) is 0.150. The van der Waals surface area contributed by atoms with Gasteiger partial charge in [-0.05, 0) is 43.3 Å². The topological polar surface area (TPSA) is 105 Å². The number of aliphatic imine (C=N–C) groups is 1. The van der Waals surface area contributed by atoms with Crippen LogP contribution in [0.3, 0.4) is 0 Å². The van der Waals surface area contributed by atoms with Crippen molar-refractivity contribution in [2.24, 2.45) is 10.9 Å². The number of ether oxygens (including phenoxy) is 1. The highest BCUT2D eigenvalue weighted by Gasteiger charge is 2.40. The molecule has 1 aliphatic heterocycles. The highest BCUT2D eigenvalue weighted by molar-refractivity contribution is 6.32. The van der Waals surface area contributed by atoms with Gasteiger partial charge in [-0.2, -0.15) is 0 Å². The van der Waals surface area contributed by atoms with E-state index in [9.17, 15) is 19.2 Å². The molecule has 0 aliphatic carbocycles. The van der Waals surface area contributed by atoms with Crippen molar-refractivity contribution in [3.05, 3.63) is 54.1 Å². The number of urea groups is 1. The molecule has 0 bridgehead atoms. The van der Waals surface area contributed by atoms with Crippen molar-refractivity contribution < 1.29 is 23.9 Å². The summed E-state index contributed by atoms with van der Waals surface area (Å²) >= 11 is 0. The lowest BCUT2D eigenvalue weighted by atomic mass is 10.1. The summed E-state index contributed by atoms with van der Waals surface area (Å²) in [5.74, 6) is -2.31. The predicted octanol–water partition coefficient (Wildman–Crippen LogP) is 2.50. The number of Topliss-reactive ketones (excluding diaryl/α,β-unsaturated/α-hetero) is 1. The van der Waals surface area contributed by atoms with Crippen LogP contribution in [0.15, 0.2) is 53.5 Å². The van der Waals surface area contributed by atoms with E-state index in [4.69, 9.17) is 4.74 Å². The Morgan fingerprint density at radius 3 is 2.50 bits per heavy atom. The third-order valence-electron chi connectivity index (χ3n) is 4.16. The van der Waals surface area contributed by atoms with Crippen LogP contribution in [0.25, 0.3) is 0 Å². The Balaban J connectivity index is 1.87. The molecule has 0 saturated carbocycles. The van der Waals surface area contributed by atoms with Gasteiger partial charge >= 0.3 is 6.03 Å². The minimum absolute atomic E-state index is 0.125. The first-order valence-electron chi connectivity index (χ1n) is 8.38. The van der Waals surface area contributed by atoms with Crippen LogP contribution in [0.2, 0.25) is 0 Å². The molecule has 8 heteroatoms. The normalized spacial score (nSPS) is 17.0. The number of nitrogens with one attached hydrogen (secondary N) is 1. The zero-order valence-corrected chi connectivity index (χ0v) is 15.2. The molecule has 0 spiro atoms. The van der Waals surface area contributed by atoms with Crippen molar-refractivity contribution >= 4 is 41.2 Å². The number of hydrogen-bond acceptors (Lipinski definition) is 6. The second kappa shape index (κ2) is 7.83. The number of ketones is 1. The standard InChI is InChI=1S/C20H17N3O5/c1-12(24)13-4-3-5-14(10-13)21-11-17-18(25)22-20(27)23(19(17)26)15-6-8-16(28-2)9-7-15/h3-11,17H,1-2H3,(H,22,25,27). The highest BCUT2D eigenvalue weighted by atomic mass is 16.5. The first-order valence-corrected chi connectivity index (χ1v) is 8.38. The van der Waals surface area contributed by atoms with Crippen molar-refractivity contribution in [2.45, 2.75) is 6.92 Å². The van der Waals surface area contributed by atoms with Gasteiger partial charge in [0.1, 0.15) is 5.75 Å². The summed E-state index contributed by atoms with van der Waals surface area (Å²) in [6, 6.07) is 11.9. The van der Waals surface area contributed by atoms with Crippen LogP contribution in [0.4, 0.5) is 16.2 Å². The quantitative estimate of drug-likeness (QED) is 0.488. The highest BCUT2D eigenvalue weighted by Crippen LogP contribution is 2.23. The second-order valence-corrected chi connectivity index (χ2v) is 6.03. The van der Waals surface area contributed by atoms with E-state index < -0.39 is 23.8 Å². The van der Waals surface area contributed by atoms with E-state index in [0.717, 1.165) is 4.90 Å². The molecular formula is C20H17N3O5. The molecule has 1 N–H and O–H groups in total. The zero-order valence-electron chi connectivity index (χ0n) is 15.2. The van der Waals surface area contributed by atoms with Crippen LogP contribution in [0.1, 0.15) is 17.3 Å². The van der Waals surface area contributed by atoms with Gasteiger partial charge in [0.15, 0.2) is 11.7 Å². The van der Waals surface area contributed by atoms with Gasteiger partial charge in [0, 0.05) is 11.8 Å². The van der Waals surface area contributed by atoms with E-state index in [1.807, 2.05) is 0 Å². The number of benzene rings is 2. The molecule has 1 saturated heterocycles. The van der Waals surface area contributed by atoms with Gasteiger partial charge in [-0.15, -0.1) is 0 Å². The van der Waals surface area contributed by atoms with E-state index in [1.165, 1.54) is 32.4 Å². The van der Waals surface area contributed by atoms with Crippen LogP contribution in [0, 0.1) is 5.92 Å². The average molecular weight is 379 g/mol. The van der Waals surface area contributed by atoms with Gasteiger partial charge in [-0.3, -0.25) is 24.7 Å². The fourth-order valence-corrected chi connectivity index (χ4v) is 2.66. The molecule has 4 amide bonds. The Hall–Kier alpha value is -3.81. The van der Waals surface area contributed by atoms with Crippen LogP contribution in [-0.2, 0) is 9.59 Å². The number of imide groups is 2. The number of nitrogens with zero attached hydrogens (tertiary/aromatic N) is 2. The van der Waals surface area contributed by atoms with Gasteiger partial charge < -0.3 is 4.74 Å². The maximum atomic E-state index is 12.8. The van der Waals surface area contributed by atoms with Crippen LogP contribution >= 0.6 is 0 Å². The first kappa shape index (κ1) is 19.0. The average Bonchev–Trinajstić information content (AvgIpc) is 2.68. The van der Waals surface area contributed by atoms with Gasteiger partial charge in [0.2, 0.25) is 5.91 Å². The summed E-state index contributed by atoms with van der Waals surface area (Å²) < 4.78 is 5.06. The van der Waals surface area contributed by atoms with Gasteiger partial charge in [0.05, 0.1) is 18.5 Å². The number of barbiturate groups is 1. The smallest absolute Gasteiger partial charge is 0.335 e. The van der Waals surface area contributed by atoms with E-state index >= 15 is 0 Å². The number of amides is 4. The largest absolute Gasteiger partial charge is 0.497 e. The fourth-order valence-electron chi connectivity index (χ4n) is 2.66. The van der Waals surface area contributed by atoms with Gasteiger partial charge in [-0.1, -0.05) is 12.1 Å². The minimum Gasteiger partial charge on any atom is -0.497 e. The summed E-state index contributed by atoms with van der Waals surface area (Å²) in [7, 11) is 1.50. The number of anilines is 1. The van der Waals surface area contributed by atoms with Crippen LogP contribution < -0.4 is 15.0 Å². The zero-order chi connectivity index (χ0) is 20.3. The van der Waals surface area contributed by atoms with Gasteiger partial charge in [-0.25, -0.2) is 9.69 Å². The Morgan fingerprint density at radius 2 is 1.86 bits per heavy atom. The lowest BCUT2D eigenvalue weighted by molar-refractivity contribution is -0.131. The molecule has 2 aromatic carbocycles. The first-order chi connectivity index (χ1) is 13.4. The molecule has 1 heterocycles. The van der Waals surface area contributed by atoms with E-state index in [0.29, 0.717) is 22.7 Å². The summed E-state index contributed by atoms with van der Waals surface area (Å²) in [5, 5.41) is 2.15. The molecule has 28 heavy (non-hydrogen) atoms. The molecule has 8 nitrogen and oxygen atoms in total.